The van der Waals surface area contributed by atoms with Crippen molar-refractivity contribution in [2.45, 2.75) is 19.6 Å². The maximum Gasteiger partial charge on any atom is 1.00 e. The van der Waals surface area contributed by atoms with Crippen LogP contribution >= 0.6 is 0 Å². The predicted octanol–water partition coefficient (Wildman–Crippen LogP) is -11.0. The summed E-state index contributed by atoms with van der Waals surface area (Å²) >= 11 is 0. The molecule has 1 heterocycles. The standard InChI is InChI=1S/C24H18N4O12S4.4Na/c25-15-5-3-13(21(9-15)42(32,33)34)1-2-14-4-6-16(10-22(14)43(35,36)37)28-26-20-8-7-18-19(24(20)27-28)11-17(41(29,30)31)12-23(18)44(38,39)40;;;;/h1-12H,25H2,(H,29,30,31)(H,32,33,34)(H,35,36,37)(H,38,39,40);;;;/q;4*+1/p-4/b2-1+;;;;. The first-order valence-corrected chi connectivity index (χ1v) is 17.3. The third-order valence-corrected chi connectivity index (χ3v) is 9.70. The molecule has 24 heteroatoms. The third kappa shape index (κ3) is 9.98. The van der Waals surface area contributed by atoms with E-state index in [1.807, 2.05) is 0 Å². The van der Waals surface area contributed by atoms with Crippen LogP contribution in [0, 0.1) is 0 Å². The van der Waals surface area contributed by atoms with Gasteiger partial charge >= 0.3 is 118 Å². The van der Waals surface area contributed by atoms with Crippen LogP contribution in [0.5, 0.6) is 0 Å². The van der Waals surface area contributed by atoms with Crippen LogP contribution in [0.4, 0.5) is 5.69 Å². The van der Waals surface area contributed by atoms with Crippen molar-refractivity contribution in [3.63, 3.8) is 0 Å². The second kappa shape index (κ2) is 16.6. The molecule has 0 bridgehead atoms. The zero-order valence-corrected chi connectivity index (χ0v) is 36.6. The average molecular weight is 771 g/mol. The van der Waals surface area contributed by atoms with Gasteiger partial charge < -0.3 is 23.9 Å². The van der Waals surface area contributed by atoms with E-state index in [1.165, 1.54) is 24.3 Å². The minimum Gasteiger partial charge on any atom is -0.744 e. The van der Waals surface area contributed by atoms with Gasteiger partial charge in [0.15, 0.2) is 0 Å². The summed E-state index contributed by atoms with van der Waals surface area (Å²) in [5, 5.41) is 7.75. The fourth-order valence-electron chi connectivity index (χ4n) is 4.31. The second-order valence-electron chi connectivity index (χ2n) is 9.11. The van der Waals surface area contributed by atoms with E-state index in [0.29, 0.717) is 6.07 Å². The van der Waals surface area contributed by atoms with Crippen LogP contribution in [-0.2, 0) is 40.5 Å². The fraction of sp³-hybridized carbons (Fsp3) is 0. The maximum absolute atomic E-state index is 12.2. The van der Waals surface area contributed by atoms with Gasteiger partial charge in [-0.05, 0) is 53.6 Å². The van der Waals surface area contributed by atoms with E-state index in [1.54, 1.807) is 0 Å². The molecule has 0 atom stereocenters. The molecule has 0 unspecified atom stereocenters. The maximum atomic E-state index is 12.2. The van der Waals surface area contributed by atoms with Crippen LogP contribution in [-0.4, -0.2) is 66.9 Å². The summed E-state index contributed by atoms with van der Waals surface area (Å²) in [6, 6.07) is 10.3. The number of hydrogen-bond acceptors (Lipinski definition) is 15. The SMILES string of the molecule is Nc1ccc(/C=C/c2ccc(-n3nc4ccc5c(S(=O)(=O)[O-])cc(S(=O)(=O)[O-])cc5c4n3)cc2S(=O)(=O)[O-])c(S(=O)(=O)[O-])c1.[Na+].[Na+].[Na+].[Na+]. The van der Waals surface area contributed by atoms with Crippen LogP contribution in [0.15, 0.2) is 80.2 Å². The summed E-state index contributed by atoms with van der Waals surface area (Å²) in [6.45, 7) is 0. The van der Waals surface area contributed by atoms with E-state index in [4.69, 9.17) is 5.73 Å². The molecule has 5 aromatic rings. The Morgan fingerprint density at radius 3 is 1.60 bits per heavy atom. The van der Waals surface area contributed by atoms with Gasteiger partial charge in [0.25, 0.3) is 0 Å². The van der Waals surface area contributed by atoms with E-state index in [-0.39, 0.29) is 163 Å². The van der Waals surface area contributed by atoms with Crippen molar-refractivity contribution in [3.8, 4) is 5.69 Å². The van der Waals surface area contributed by atoms with Crippen LogP contribution in [0.1, 0.15) is 11.1 Å². The normalized spacial score (nSPS) is 12.2. The van der Waals surface area contributed by atoms with Crippen molar-refractivity contribution in [3.05, 3.63) is 71.8 Å². The Labute approximate surface area is 362 Å². The topological polar surface area (TPSA) is 286 Å². The van der Waals surface area contributed by atoms with Gasteiger partial charge in [0.05, 0.1) is 25.3 Å². The molecule has 0 amide bonds. The summed E-state index contributed by atoms with van der Waals surface area (Å²) in [7, 11) is -20.7. The van der Waals surface area contributed by atoms with E-state index in [9.17, 15) is 51.9 Å². The van der Waals surface area contributed by atoms with E-state index in [0.717, 1.165) is 47.3 Å². The van der Waals surface area contributed by atoms with Gasteiger partial charge in [-0.3, -0.25) is 0 Å². The van der Waals surface area contributed by atoms with Gasteiger partial charge in [-0.25, -0.2) is 33.7 Å². The number of benzene rings is 4. The molecule has 0 aliphatic heterocycles. The molecule has 0 saturated heterocycles. The van der Waals surface area contributed by atoms with Crippen LogP contribution in [0.3, 0.4) is 0 Å². The molecule has 48 heavy (non-hydrogen) atoms. The monoisotopic (exact) mass is 770 g/mol. The summed E-state index contributed by atoms with van der Waals surface area (Å²) in [6.07, 6.45) is 2.16. The second-order valence-corrected chi connectivity index (χ2v) is 14.5. The number of hydrogen-bond donors (Lipinski definition) is 1. The zero-order chi connectivity index (χ0) is 32.4. The van der Waals surface area contributed by atoms with Crippen LogP contribution in [0.2, 0.25) is 0 Å². The van der Waals surface area contributed by atoms with Crippen molar-refractivity contribution in [2.75, 3.05) is 5.73 Å². The Bertz CT molecular complexity index is 2530. The molecule has 0 radical (unpaired) electrons. The third-order valence-electron chi connectivity index (χ3n) is 6.22. The van der Waals surface area contributed by atoms with Crippen molar-refractivity contribution < 1.29 is 170 Å². The molecule has 16 nitrogen and oxygen atoms in total. The van der Waals surface area contributed by atoms with Gasteiger partial charge in [-0.2, -0.15) is 4.80 Å². The molecule has 0 aliphatic rings. The molecule has 5 rings (SSSR count). The predicted molar refractivity (Wildman–Crippen MR) is 148 cm³/mol. The molecular weight excluding hydrogens is 757 g/mol. The van der Waals surface area contributed by atoms with Gasteiger partial charge in [0.1, 0.15) is 51.5 Å². The Kier molecular flexibility index (Phi) is 15.8. The van der Waals surface area contributed by atoms with Gasteiger partial charge in [0, 0.05) is 16.5 Å². The van der Waals surface area contributed by atoms with Crippen molar-refractivity contribution in [2.24, 2.45) is 0 Å². The van der Waals surface area contributed by atoms with Crippen molar-refractivity contribution >= 4 is 80.1 Å². The Morgan fingerprint density at radius 1 is 0.562 bits per heavy atom. The fourth-order valence-corrected chi connectivity index (χ4v) is 7.02. The zero-order valence-electron chi connectivity index (χ0n) is 25.4. The quantitative estimate of drug-likeness (QED) is 0.0696. The molecule has 2 N–H and O–H groups in total. The Balaban J connectivity index is 0.00000288. The minimum absolute atomic E-state index is 0. The molecular formula is C24H14N4Na4O12S4. The van der Waals surface area contributed by atoms with Gasteiger partial charge in [-0.15, -0.1) is 10.2 Å². The molecule has 4 aromatic carbocycles. The van der Waals surface area contributed by atoms with Crippen molar-refractivity contribution in [1.29, 1.82) is 0 Å². The molecule has 0 saturated carbocycles. The number of rotatable bonds is 7. The first kappa shape index (κ1) is 45.7. The van der Waals surface area contributed by atoms with Gasteiger partial charge in [0.2, 0.25) is 0 Å². The minimum atomic E-state index is -5.26. The first-order valence-electron chi connectivity index (χ1n) is 11.6. The largest absolute Gasteiger partial charge is 1.00 e. The number of nitrogens with two attached hydrogens (primary N) is 1. The molecule has 230 valence electrons. The van der Waals surface area contributed by atoms with Gasteiger partial charge in [-0.1, -0.05) is 30.4 Å². The van der Waals surface area contributed by atoms with E-state index in [2.05, 4.69) is 10.2 Å². The number of fused-ring (bicyclic) bond motifs is 3. The molecule has 0 aliphatic carbocycles. The van der Waals surface area contributed by atoms with Crippen LogP contribution in [0.25, 0.3) is 39.6 Å². The Hall–Kier alpha value is -0.280. The number of nitrogen functional groups attached to an aromatic ring is 1. The summed E-state index contributed by atoms with van der Waals surface area (Å²) < 4.78 is 142. The molecule has 1 aromatic heterocycles. The first-order chi connectivity index (χ1) is 20.2. The summed E-state index contributed by atoms with van der Waals surface area (Å²) in [4.78, 5) is -2.67. The van der Waals surface area contributed by atoms with Crippen molar-refractivity contribution in [1.82, 2.24) is 15.0 Å². The summed E-state index contributed by atoms with van der Waals surface area (Å²) in [5.41, 5.74) is 4.87. The molecule has 0 spiro atoms. The smallest absolute Gasteiger partial charge is 0.744 e. The summed E-state index contributed by atoms with van der Waals surface area (Å²) in [5.74, 6) is 0. The molecule has 0 fully saturated rings. The Morgan fingerprint density at radius 2 is 1.08 bits per heavy atom. The van der Waals surface area contributed by atoms with Crippen LogP contribution < -0.4 is 124 Å². The number of nitrogens with zero attached hydrogens (tertiary/aromatic N) is 3. The average Bonchev–Trinajstić information content (AvgIpc) is 3.34. The van der Waals surface area contributed by atoms with E-state index >= 15 is 0 Å². The van der Waals surface area contributed by atoms with E-state index < -0.39 is 60.1 Å². The number of anilines is 1. The number of aromatic nitrogens is 3.